The highest BCUT2D eigenvalue weighted by Crippen LogP contribution is 2.32. The molecular formula is C34H30O6. The van der Waals surface area contributed by atoms with Crippen LogP contribution in [0.25, 0.3) is 22.3 Å². The number of benzene rings is 4. The van der Waals surface area contributed by atoms with Crippen LogP contribution in [0.1, 0.15) is 31.8 Å². The van der Waals surface area contributed by atoms with Crippen molar-refractivity contribution in [2.75, 3.05) is 13.2 Å². The van der Waals surface area contributed by atoms with Gasteiger partial charge in [0, 0.05) is 0 Å². The molecule has 0 amide bonds. The molecule has 0 N–H and O–H groups in total. The number of fused-ring (bicyclic) bond motifs is 1. The fourth-order valence-electron chi connectivity index (χ4n) is 5.13. The van der Waals surface area contributed by atoms with Crippen molar-refractivity contribution in [2.24, 2.45) is 0 Å². The monoisotopic (exact) mass is 534 g/mol. The van der Waals surface area contributed by atoms with Crippen molar-refractivity contribution in [2.45, 2.75) is 38.3 Å². The minimum absolute atomic E-state index is 0.182. The second-order valence-electron chi connectivity index (χ2n) is 10.4. The average molecular weight is 535 g/mol. The number of carbonyl (C=O) groups excluding carboxylic acids is 2. The maximum atomic E-state index is 12.9. The number of hydrogen-bond donors (Lipinski definition) is 0. The summed E-state index contributed by atoms with van der Waals surface area (Å²) in [5.41, 5.74) is 7.51. The van der Waals surface area contributed by atoms with Gasteiger partial charge in [0.2, 0.25) is 0 Å². The first-order chi connectivity index (χ1) is 19.4. The Morgan fingerprint density at radius 1 is 0.525 bits per heavy atom. The Labute approximate surface area is 233 Å². The fourth-order valence-corrected chi connectivity index (χ4v) is 5.13. The molecule has 0 spiro atoms. The average Bonchev–Trinajstić information content (AvgIpc) is 3.57. The third kappa shape index (κ3) is 5.41. The normalized spacial score (nSPS) is 21.6. The Hall–Kier alpha value is -4.26. The quantitative estimate of drug-likeness (QED) is 0.275. The first-order valence-electron chi connectivity index (χ1n) is 13.4. The van der Waals surface area contributed by atoms with Gasteiger partial charge in [-0.2, -0.15) is 0 Å². The van der Waals surface area contributed by atoms with Crippen molar-refractivity contribution in [1.82, 2.24) is 0 Å². The van der Waals surface area contributed by atoms with Gasteiger partial charge in [0.1, 0.15) is 12.2 Å². The van der Waals surface area contributed by atoms with Gasteiger partial charge in [-0.3, -0.25) is 0 Å². The molecule has 0 saturated carbocycles. The molecule has 3 unspecified atom stereocenters. The molecule has 2 saturated heterocycles. The molecule has 202 valence electrons. The van der Waals surface area contributed by atoms with Crippen LogP contribution in [0.2, 0.25) is 0 Å². The van der Waals surface area contributed by atoms with Crippen LogP contribution in [0, 0.1) is 13.8 Å². The predicted octanol–water partition coefficient (Wildman–Crippen LogP) is 6.19. The molecule has 2 aliphatic heterocycles. The summed E-state index contributed by atoms with van der Waals surface area (Å²) in [5.74, 6) is -0.884. The summed E-state index contributed by atoms with van der Waals surface area (Å²) < 4.78 is 23.2. The lowest BCUT2D eigenvalue weighted by Crippen LogP contribution is -2.36. The smallest absolute Gasteiger partial charge is 0.338 e. The highest BCUT2D eigenvalue weighted by Gasteiger charge is 2.51. The number of esters is 2. The zero-order valence-corrected chi connectivity index (χ0v) is 22.4. The van der Waals surface area contributed by atoms with Crippen LogP contribution in [0.3, 0.4) is 0 Å². The van der Waals surface area contributed by atoms with Crippen LogP contribution in [0.5, 0.6) is 0 Å². The Bertz CT molecular complexity index is 1370. The molecule has 0 radical (unpaired) electrons. The van der Waals surface area contributed by atoms with Gasteiger partial charge in [-0.1, -0.05) is 83.9 Å². The van der Waals surface area contributed by atoms with E-state index in [0.29, 0.717) is 11.1 Å². The number of rotatable bonds is 6. The summed E-state index contributed by atoms with van der Waals surface area (Å²) in [5, 5.41) is 0. The highest BCUT2D eigenvalue weighted by atomic mass is 16.7. The number of carbonyl (C=O) groups is 2. The topological polar surface area (TPSA) is 71.1 Å². The molecule has 4 aromatic rings. The largest absolute Gasteiger partial charge is 0.453 e. The number of aryl methyl sites for hydroxylation is 2. The van der Waals surface area contributed by atoms with E-state index in [1.54, 1.807) is 24.3 Å². The summed E-state index contributed by atoms with van der Waals surface area (Å²) >= 11 is 0. The molecule has 6 rings (SSSR count). The second-order valence-corrected chi connectivity index (χ2v) is 10.4. The van der Waals surface area contributed by atoms with Gasteiger partial charge in [0.15, 0.2) is 12.2 Å². The summed E-state index contributed by atoms with van der Waals surface area (Å²) in [6.07, 6.45) is -2.13. The lowest BCUT2D eigenvalue weighted by atomic mass is 10.0. The Morgan fingerprint density at radius 3 is 1.15 bits per heavy atom. The molecule has 4 aromatic carbocycles. The van der Waals surface area contributed by atoms with Crippen LogP contribution in [0.15, 0.2) is 97.1 Å². The van der Waals surface area contributed by atoms with Crippen molar-refractivity contribution in [3.63, 3.8) is 0 Å². The number of hydrogen-bond acceptors (Lipinski definition) is 6. The minimum atomic E-state index is -0.577. The minimum Gasteiger partial charge on any atom is -0.453 e. The Morgan fingerprint density at radius 2 is 0.825 bits per heavy atom. The molecule has 40 heavy (non-hydrogen) atoms. The Balaban J connectivity index is 1.04. The van der Waals surface area contributed by atoms with Gasteiger partial charge < -0.3 is 18.9 Å². The van der Waals surface area contributed by atoms with Gasteiger partial charge in [0.25, 0.3) is 0 Å². The van der Waals surface area contributed by atoms with Crippen molar-refractivity contribution in [3.05, 3.63) is 119 Å². The van der Waals surface area contributed by atoms with Crippen LogP contribution in [-0.2, 0) is 18.9 Å². The Kier molecular flexibility index (Phi) is 7.20. The van der Waals surface area contributed by atoms with Crippen molar-refractivity contribution < 1.29 is 28.5 Å². The third-order valence-corrected chi connectivity index (χ3v) is 7.49. The SMILES string of the molecule is Cc1ccc(-c2ccc(C(=O)OC3COC4C3OC[C@H]4OC(=O)c3ccc(-c4ccc(C)cc4)cc3)cc2)cc1. The molecule has 6 heteroatoms. The molecular weight excluding hydrogens is 504 g/mol. The standard InChI is InChI=1S/C34H30O6/c1-21-3-7-23(8-4-21)25-11-15-27(16-12-25)33(35)39-29-19-37-32-30(20-38-31(29)32)40-34(36)28-17-13-26(14-18-28)24-9-5-22(2)6-10-24/h3-18,29-32H,19-20H2,1-2H3/t29-,30?,31?,32?/m1/s1. The van der Waals surface area contributed by atoms with E-state index in [4.69, 9.17) is 18.9 Å². The molecule has 0 bridgehead atoms. The van der Waals surface area contributed by atoms with Crippen LogP contribution >= 0.6 is 0 Å². The zero-order chi connectivity index (χ0) is 27.6. The third-order valence-electron chi connectivity index (χ3n) is 7.49. The molecule has 0 aromatic heterocycles. The summed E-state index contributed by atoms with van der Waals surface area (Å²) in [6, 6.07) is 31.1. The van der Waals surface area contributed by atoms with Gasteiger partial charge in [-0.25, -0.2) is 9.59 Å². The first-order valence-corrected chi connectivity index (χ1v) is 13.4. The van der Waals surface area contributed by atoms with E-state index in [2.05, 4.69) is 48.5 Å². The molecule has 2 fully saturated rings. The fraction of sp³-hybridized carbons (Fsp3) is 0.235. The van der Waals surface area contributed by atoms with Gasteiger partial charge in [-0.15, -0.1) is 0 Å². The van der Waals surface area contributed by atoms with Crippen LogP contribution < -0.4 is 0 Å². The van der Waals surface area contributed by atoms with E-state index >= 15 is 0 Å². The zero-order valence-electron chi connectivity index (χ0n) is 22.4. The van der Waals surface area contributed by atoms with Gasteiger partial charge in [-0.05, 0) is 60.4 Å². The molecule has 4 atom stereocenters. The lowest BCUT2D eigenvalue weighted by molar-refractivity contribution is -0.0287. The van der Waals surface area contributed by atoms with E-state index < -0.39 is 36.4 Å². The maximum absolute atomic E-state index is 12.9. The molecule has 6 nitrogen and oxygen atoms in total. The van der Waals surface area contributed by atoms with Gasteiger partial charge >= 0.3 is 11.9 Å². The number of ether oxygens (including phenoxy) is 4. The molecule has 2 heterocycles. The van der Waals surface area contributed by atoms with E-state index in [1.165, 1.54) is 11.1 Å². The second kappa shape index (κ2) is 11.1. The van der Waals surface area contributed by atoms with E-state index in [9.17, 15) is 9.59 Å². The van der Waals surface area contributed by atoms with Gasteiger partial charge in [0.05, 0.1) is 24.3 Å². The molecule has 2 aliphatic rings. The molecule has 0 aliphatic carbocycles. The first kappa shape index (κ1) is 26.0. The van der Waals surface area contributed by atoms with Crippen LogP contribution in [-0.4, -0.2) is 49.6 Å². The summed E-state index contributed by atoms with van der Waals surface area (Å²) in [6.45, 7) is 4.46. The van der Waals surface area contributed by atoms with Crippen molar-refractivity contribution in [1.29, 1.82) is 0 Å². The van der Waals surface area contributed by atoms with E-state index in [0.717, 1.165) is 22.3 Å². The predicted molar refractivity (Wildman–Crippen MR) is 151 cm³/mol. The van der Waals surface area contributed by atoms with Crippen molar-refractivity contribution >= 4 is 11.9 Å². The van der Waals surface area contributed by atoms with Crippen LogP contribution in [0.4, 0.5) is 0 Å². The van der Waals surface area contributed by atoms with E-state index in [-0.39, 0.29) is 13.2 Å². The highest BCUT2D eigenvalue weighted by molar-refractivity contribution is 5.91. The maximum Gasteiger partial charge on any atom is 0.338 e. The van der Waals surface area contributed by atoms with E-state index in [1.807, 2.05) is 38.1 Å². The summed E-state index contributed by atoms with van der Waals surface area (Å²) in [7, 11) is 0. The summed E-state index contributed by atoms with van der Waals surface area (Å²) in [4.78, 5) is 25.7. The lowest BCUT2D eigenvalue weighted by Gasteiger charge is -2.17. The van der Waals surface area contributed by atoms with Crippen molar-refractivity contribution in [3.8, 4) is 22.3 Å².